The maximum absolute atomic E-state index is 13.5. The molecule has 12 nitrogen and oxygen atoms in total. The van der Waals surface area contributed by atoms with Crippen LogP contribution in [0, 0.1) is 0 Å². The summed E-state index contributed by atoms with van der Waals surface area (Å²) in [6, 6.07) is 3.53. The van der Waals surface area contributed by atoms with E-state index in [0.29, 0.717) is 28.5 Å². The predicted molar refractivity (Wildman–Crippen MR) is 134 cm³/mol. The van der Waals surface area contributed by atoms with Gasteiger partial charge in [-0.1, -0.05) is 18.5 Å². The Hall–Kier alpha value is -3.55. The number of halogens is 1. The monoisotopic (exact) mass is 532 g/mol. The number of ether oxygens (including phenoxy) is 2. The summed E-state index contributed by atoms with van der Waals surface area (Å²) in [7, 11) is -0.962. The maximum atomic E-state index is 13.5. The van der Waals surface area contributed by atoms with Crippen molar-refractivity contribution in [1.82, 2.24) is 35.0 Å². The summed E-state index contributed by atoms with van der Waals surface area (Å²) in [4.78, 5) is 12.4. The molecule has 3 aromatic heterocycles. The lowest BCUT2D eigenvalue weighted by molar-refractivity contribution is 0.122. The Morgan fingerprint density at radius 1 is 1.17 bits per heavy atom. The van der Waals surface area contributed by atoms with Crippen LogP contribution in [-0.2, 0) is 19.5 Å². The van der Waals surface area contributed by atoms with Gasteiger partial charge < -0.3 is 14.8 Å². The Balaban J connectivity index is 1.79. The number of dihydropyridines is 1. The third-order valence-corrected chi connectivity index (χ3v) is 7.85. The number of aromatic nitrogens is 6. The summed E-state index contributed by atoms with van der Waals surface area (Å²) in [6.07, 6.45) is 8.75. The molecule has 0 amide bonds. The van der Waals surface area contributed by atoms with Gasteiger partial charge >= 0.3 is 0 Å². The van der Waals surface area contributed by atoms with Crippen molar-refractivity contribution >= 4 is 33.3 Å². The highest BCUT2D eigenvalue weighted by atomic mass is 35.5. The number of anilines is 1. The first-order valence-corrected chi connectivity index (χ1v) is 12.8. The fraction of sp³-hybridized carbons (Fsp3) is 0.318. The van der Waals surface area contributed by atoms with Crippen LogP contribution in [0.5, 0.6) is 0 Å². The number of hydrogen-bond acceptors (Lipinski definition) is 10. The van der Waals surface area contributed by atoms with E-state index >= 15 is 0 Å². The van der Waals surface area contributed by atoms with Crippen molar-refractivity contribution in [2.24, 2.45) is 0 Å². The van der Waals surface area contributed by atoms with E-state index in [9.17, 15) is 8.42 Å². The molecule has 0 radical (unpaired) electrons. The molecule has 4 heterocycles. The van der Waals surface area contributed by atoms with E-state index in [-0.39, 0.29) is 11.1 Å². The molecule has 0 fully saturated rings. The molecule has 4 rings (SSSR count). The quantitative estimate of drug-likeness (QED) is 0.421. The Bertz CT molecular complexity index is 1380. The van der Waals surface area contributed by atoms with Crippen molar-refractivity contribution < 1.29 is 17.9 Å². The molecule has 3 atom stereocenters. The van der Waals surface area contributed by atoms with E-state index in [2.05, 4.69) is 35.2 Å². The van der Waals surface area contributed by atoms with Crippen molar-refractivity contribution in [2.45, 2.75) is 31.2 Å². The van der Waals surface area contributed by atoms with Crippen molar-refractivity contribution in [3.63, 3.8) is 0 Å². The van der Waals surface area contributed by atoms with Gasteiger partial charge in [-0.15, -0.1) is 10.2 Å². The molecule has 2 N–H and O–H groups in total. The lowest BCUT2D eigenvalue weighted by Gasteiger charge is -2.27. The minimum absolute atomic E-state index is 0.0428. The lowest BCUT2D eigenvalue weighted by Crippen LogP contribution is -2.35. The van der Waals surface area contributed by atoms with Crippen LogP contribution in [0.2, 0.25) is 5.15 Å². The molecule has 36 heavy (non-hydrogen) atoms. The molecule has 0 saturated carbocycles. The van der Waals surface area contributed by atoms with E-state index in [1.54, 1.807) is 50.6 Å². The van der Waals surface area contributed by atoms with Crippen LogP contribution in [0.15, 0.2) is 55.0 Å². The summed E-state index contributed by atoms with van der Waals surface area (Å²) >= 11 is 5.82. The summed E-state index contributed by atoms with van der Waals surface area (Å²) in [5.41, 5.74) is 1.55. The Labute approximate surface area is 213 Å². The average molecular weight is 533 g/mol. The van der Waals surface area contributed by atoms with Gasteiger partial charge in [0, 0.05) is 37.2 Å². The van der Waals surface area contributed by atoms with Gasteiger partial charge in [-0.05, 0) is 25.1 Å². The summed E-state index contributed by atoms with van der Waals surface area (Å²) < 4.78 is 42.2. The summed E-state index contributed by atoms with van der Waals surface area (Å²) in [6.45, 7) is 3.32. The fourth-order valence-electron chi connectivity index (χ4n) is 3.63. The highest BCUT2D eigenvalue weighted by molar-refractivity contribution is 7.93. The topological polar surface area (TPSA) is 146 Å². The van der Waals surface area contributed by atoms with Crippen LogP contribution < -0.4 is 10.0 Å². The van der Waals surface area contributed by atoms with E-state index in [1.807, 2.05) is 0 Å². The number of nitrogens with zero attached hydrogens (tertiary/aromatic N) is 6. The molecular weight excluding hydrogens is 508 g/mol. The average Bonchev–Trinajstić information content (AvgIpc) is 3.30. The second kappa shape index (κ2) is 10.6. The molecule has 0 aromatic carbocycles. The van der Waals surface area contributed by atoms with Gasteiger partial charge in [0.1, 0.15) is 16.6 Å². The van der Waals surface area contributed by atoms with Crippen LogP contribution in [-0.4, -0.2) is 63.8 Å². The smallest absolute Gasteiger partial charge is 0.243 e. The van der Waals surface area contributed by atoms with Crippen LogP contribution in [0.25, 0.3) is 17.1 Å². The van der Waals surface area contributed by atoms with Crippen molar-refractivity contribution in [3.8, 4) is 11.4 Å². The van der Waals surface area contributed by atoms with Gasteiger partial charge in [0.2, 0.25) is 16.0 Å². The van der Waals surface area contributed by atoms with Gasteiger partial charge in [-0.2, -0.15) is 0 Å². The molecule has 0 aliphatic carbocycles. The Morgan fingerprint density at radius 3 is 2.61 bits per heavy atom. The zero-order valence-electron chi connectivity index (χ0n) is 20.0. The molecule has 3 aromatic rings. The van der Waals surface area contributed by atoms with E-state index in [0.717, 1.165) is 0 Å². The second-order valence-corrected chi connectivity index (χ2v) is 10.3. The summed E-state index contributed by atoms with van der Waals surface area (Å²) in [5.74, 6) is 0.234. The molecule has 1 unspecified atom stereocenters. The third kappa shape index (κ3) is 5.03. The molecule has 0 saturated heterocycles. The van der Waals surface area contributed by atoms with Crippen LogP contribution in [0.4, 0.5) is 5.95 Å². The first-order valence-electron chi connectivity index (χ1n) is 10.9. The number of sulfonamides is 1. The Kier molecular flexibility index (Phi) is 7.52. The first-order chi connectivity index (χ1) is 17.3. The zero-order chi connectivity index (χ0) is 25.9. The molecule has 0 spiro atoms. The van der Waals surface area contributed by atoms with Gasteiger partial charge in [0.15, 0.2) is 12.1 Å². The van der Waals surface area contributed by atoms with Crippen molar-refractivity contribution in [3.05, 3.63) is 65.8 Å². The first kappa shape index (κ1) is 25.5. The number of pyridine rings is 1. The van der Waals surface area contributed by atoms with Crippen molar-refractivity contribution in [1.29, 1.82) is 0 Å². The normalized spacial score (nSPS) is 17.4. The molecule has 1 aliphatic heterocycles. The predicted octanol–water partition coefficient (Wildman–Crippen LogP) is 2.62. The van der Waals surface area contributed by atoms with Crippen LogP contribution in [0.3, 0.4) is 0 Å². The highest BCUT2D eigenvalue weighted by Crippen LogP contribution is 2.32. The minimum Gasteiger partial charge on any atom is -0.495 e. The summed E-state index contributed by atoms with van der Waals surface area (Å²) in [5, 5.41) is 10.8. The van der Waals surface area contributed by atoms with Gasteiger partial charge in [-0.3, -0.25) is 19.3 Å². The van der Waals surface area contributed by atoms with Gasteiger partial charge in [0.25, 0.3) is 0 Å². The standard InChI is InChI=1S/C22H25ClN8O4S/c1-13(16-11-27-18(23)12-26-16)14(2)36(32,33)30-22-29-28-20(15-6-5-8-24-10-15)31(22)19-17(34-3)7-9-25-21(19)35-4/h5-14,21,25H,1-4H3,(H,29,30)/t13-,14-,21?/m1/s1. The van der Waals surface area contributed by atoms with Crippen LogP contribution >= 0.6 is 11.6 Å². The number of hydrogen-bond donors (Lipinski definition) is 2. The van der Waals surface area contributed by atoms with E-state index in [4.69, 9.17) is 21.1 Å². The fourth-order valence-corrected chi connectivity index (χ4v) is 4.98. The van der Waals surface area contributed by atoms with Gasteiger partial charge in [0.05, 0.1) is 30.4 Å². The largest absolute Gasteiger partial charge is 0.495 e. The third-order valence-electron chi connectivity index (χ3n) is 5.80. The highest BCUT2D eigenvalue weighted by Gasteiger charge is 2.33. The second-order valence-electron chi connectivity index (χ2n) is 7.90. The molecule has 1 aliphatic rings. The van der Waals surface area contributed by atoms with Crippen LogP contribution in [0.1, 0.15) is 25.5 Å². The number of allylic oxidation sites excluding steroid dienone is 1. The number of methoxy groups -OCH3 is 2. The van der Waals surface area contributed by atoms with E-state index < -0.39 is 27.4 Å². The molecule has 14 heteroatoms. The molecule has 190 valence electrons. The molecule has 0 bridgehead atoms. The van der Waals surface area contributed by atoms with Gasteiger partial charge in [-0.25, -0.2) is 13.4 Å². The maximum Gasteiger partial charge on any atom is 0.243 e. The molecular formula is C22H25ClN8O4S. The van der Waals surface area contributed by atoms with Crippen molar-refractivity contribution in [2.75, 3.05) is 18.9 Å². The zero-order valence-corrected chi connectivity index (χ0v) is 21.5. The van der Waals surface area contributed by atoms with E-state index in [1.165, 1.54) is 31.2 Å². The number of rotatable bonds is 9. The Morgan fingerprint density at radius 2 is 1.97 bits per heavy atom. The lowest BCUT2D eigenvalue weighted by atomic mass is 10.1. The number of nitrogens with one attached hydrogen (secondary N) is 2. The SMILES string of the molecule is COC1=C(n2c(NS(=O)(=O)[C@H](C)[C@@H](C)c3cnc(Cl)cn3)nnc2-c2cccnc2)C(OC)NC=C1. The minimum atomic E-state index is -3.98.